The first-order valence-electron chi connectivity index (χ1n) is 4.77. The van der Waals surface area contributed by atoms with Gasteiger partial charge in [-0.2, -0.15) is 0 Å². The highest BCUT2D eigenvalue weighted by Gasteiger charge is 2.23. The number of alkyl halides is 1. The van der Waals surface area contributed by atoms with Crippen LogP contribution >= 0.6 is 11.6 Å². The van der Waals surface area contributed by atoms with E-state index in [2.05, 4.69) is 24.1 Å². The minimum absolute atomic E-state index is 0.0461. The third-order valence-electron chi connectivity index (χ3n) is 2.36. The second-order valence-electron chi connectivity index (χ2n) is 4.18. The van der Waals surface area contributed by atoms with E-state index in [1.54, 1.807) is 6.20 Å². The minimum atomic E-state index is -0.150. The molecule has 0 aromatic carbocycles. The van der Waals surface area contributed by atoms with Gasteiger partial charge in [0.25, 0.3) is 0 Å². The van der Waals surface area contributed by atoms with Gasteiger partial charge in [0.2, 0.25) is 0 Å². The van der Waals surface area contributed by atoms with E-state index in [0.717, 1.165) is 5.82 Å². The van der Waals surface area contributed by atoms with E-state index in [1.165, 1.54) is 5.56 Å². The molecule has 0 amide bonds. The highest BCUT2D eigenvalue weighted by atomic mass is 35.5. The first-order valence-corrected chi connectivity index (χ1v) is 5.20. The molecule has 3 heteroatoms. The molecule has 1 aromatic heterocycles. The molecule has 1 rings (SSSR count). The molecule has 0 radical (unpaired) electrons. The van der Waals surface area contributed by atoms with Crippen LogP contribution in [0, 0.1) is 6.92 Å². The van der Waals surface area contributed by atoms with Gasteiger partial charge in [0.1, 0.15) is 5.82 Å². The maximum Gasteiger partial charge on any atom is 0.126 e. The lowest BCUT2D eigenvalue weighted by Crippen LogP contribution is -2.39. The Bertz CT molecular complexity index is 308. The van der Waals surface area contributed by atoms with Crippen molar-refractivity contribution in [3.63, 3.8) is 0 Å². The third kappa shape index (κ3) is 2.88. The van der Waals surface area contributed by atoms with Crippen LogP contribution in [-0.4, -0.2) is 15.9 Å². The summed E-state index contributed by atoms with van der Waals surface area (Å²) in [7, 11) is 0. The molecule has 1 aromatic rings. The van der Waals surface area contributed by atoms with Gasteiger partial charge in [-0.1, -0.05) is 0 Å². The molecule has 1 atom stereocenters. The summed E-state index contributed by atoms with van der Waals surface area (Å²) in [4.78, 5) is 4.24. The summed E-state index contributed by atoms with van der Waals surface area (Å²) < 4.78 is 0. The third-order valence-corrected chi connectivity index (χ3v) is 2.91. The van der Waals surface area contributed by atoms with Gasteiger partial charge < -0.3 is 5.32 Å². The van der Waals surface area contributed by atoms with E-state index in [9.17, 15) is 0 Å². The molecule has 2 nitrogen and oxygen atoms in total. The number of nitrogens with one attached hydrogen (secondary N) is 1. The van der Waals surface area contributed by atoms with Crippen LogP contribution in [0.5, 0.6) is 0 Å². The predicted octanol–water partition coefficient (Wildman–Crippen LogP) is 3.21. The van der Waals surface area contributed by atoms with Gasteiger partial charge >= 0.3 is 0 Å². The lowest BCUT2D eigenvalue weighted by Gasteiger charge is -2.29. The van der Waals surface area contributed by atoms with E-state index in [4.69, 9.17) is 11.6 Å². The fourth-order valence-corrected chi connectivity index (χ4v) is 1.09. The average molecular weight is 213 g/mol. The first-order chi connectivity index (χ1) is 6.42. The van der Waals surface area contributed by atoms with Gasteiger partial charge in [-0.3, -0.25) is 0 Å². The Hall–Kier alpha value is -0.760. The molecule has 0 aliphatic carbocycles. The summed E-state index contributed by atoms with van der Waals surface area (Å²) >= 11 is 6.07. The number of rotatable bonds is 3. The van der Waals surface area contributed by atoms with Crippen LogP contribution in [0.15, 0.2) is 18.3 Å². The van der Waals surface area contributed by atoms with Crippen molar-refractivity contribution >= 4 is 17.4 Å². The van der Waals surface area contributed by atoms with Crippen LogP contribution in [0.2, 0.25) is 0 Å². The number of hydrogen-bond acceptors (Lipinski definition) is 2. The van der Waals surface area contributed by atoms with Gasteiger partial charge in [-0.25, -0.2) is 4.98 Å². The quantitative estimate of drug-likeness (QED) is 0.779. The molecule has 0 spiro atoms. The van der Waals surface area contributed by atoms with Gasteiger partial charge in [-0.05, 0) is 45.4 Å². The second kappa shape index (κ2) is 4.18. The van der Waals surface area contributed by atoms with E-state index in [0.29, 0.717) is 0 Å². The number of aryl methyl sites for hydroxylation is 1. The van der Waals surface area contributed by atoms with E-state index < -0.39 is 0 Å². The molecular formula is C11H17ClN2. The average Bonchev–Trinajstić information content (AvgIpc) is 2.02. The fraction of sp³-hybridized carbons (Fsp3) is 0.545. The highest BCUT2D eigenvalue weighted by Crippen LogP contribution is 2.20. The lowest BCUT2D eigenvalue weighted by atomic mass is 10.0. The van der Waals surface area contributed by atoms with Gasteiger partial charge in [-0.15, -0.1) is 11.6 Å². The van der Waals surface area contributed by atoms with Gasteiger partial charge in [0.15, 0.2) is 0 Å². The Morgan fingerprint density at radius 2 is 2.14 bits per heavy atom. The Labute approximate surface area is 90.7 Å². The number of anilines is 1. The maximum atomic E-state index is 6.07. The van der Waals surface area contributed by atoms with E-state index in [-0.39, 0.29) is 10.9 Å². The maximum absolute atomic E-state index is 6.07. The zero-order valence-electron chi connectivity index (χ0n) is 9.13. The molecule has 0 aliphatic heterocycles. The monoisotopic (exact) mass is 212 g/mol. The SMILES string of the molecule is Cc1ccnc(NC(C)(C)C(C)Cl)c1. The van der Waals surface area contributed by atoms with Gasteiger partial charge in [0, 0.05) is 11.7 Å². The van der Waals surface area contributed by atoms with Crippen LogP contribution in [0.4, 0.5) is 5.82 Å². The molecule has 14 heavy (non-hydrogen) atoms. The summed E-state index contributed by atoms with van der Waals surface area (Å²) in [5.41, 5.74) is 1.04. The zero-order chi connectivity index (χ0) is 10.8. The number of hydrogen-bond donors (Lipinski definition) is 1. The van der Waals surface area contributed by atoms with Crippen LogP contribution in [-0.2, 0) is 0 Å². The Balaban J connectivity index is 2.78. The highest BCUT2D eigenvalue weighted by molar-refractivity contribution is 6.21. The van der Waals surface area contributed by atoms with Crippen LogP contribution in [0.25, 0.3) is 0 Å². The summed E-state index contributed by atoms with van der Waals surface area (Å²) in [6, 6.07) is 3.99. The largest absolute Gasteiger partial charge is 0.364 e. The van der Waals surface area contributed by atoms with Crippen LogP contribution in [0.3, 0.4) is 0 Å². The smallest absolute Gasteiger partial charge is 0.126 e. The molecule has 0 aliphatic rings. The first kappa shape index (κ1) is 11.3. The number of pyridine rings is 1. The second-order valence-corrected chi connectivity index (χ2v) is 4.84. The molecule has 78 valence electrons. The topological polar surface area (TPSA) is 24.9 Å². The minimum Gasteiger partial charge on any atom is -0.364 e. The van der Waals surface area contributed by atoms with E-state index in [1.807, 2.05) is 26.0 Å². The zero-order valence-corrected chi connectivity index (χ0v) is 9.89. The molecule has 1 heterocycles. The normalized spacial score (nSPS) is 13.8. The van der Waals surface area contributed by atoms with Crippen molar-refractivity contribution in [3.8, 4) is 0 Å². The molecule has 0 bridgehead atoms. The molecule has 1 N–H and O–H groups in total. The summed E-state index contributed by atoms with van der Waals surface area (Å²) in [5.74, 6) is 0.877. The van der Waals surface area contributed by atoms with Crippen molar-refractivity contribution in [1.29, 1.82) is 0 Å². The lowest BCUT2D eigenvalue weighted by molar-refractivity contribution is 0.552. The Kier molecular flexibility index (Phi) is 3.38. The van der Waals surface area contributed by atoms with Crippen LogP contribution < -0.4 is 5.32 Å². The van der Waals surface area contributed by atoms with Crippen molar-refractivity contribution in [2.24, 2.45) is 0 Å². The number of nitrogens with zero attached hydrogens (tertiary/aromatic N) is 1. The standard InChI is InChI=1S/C11H17ClN2/c1-8-5-6-13-10(7-8)14-11(3,4)9(2)12/h5-7,9H,1-4H3,(H,13,14). The molecular weight excluding hydrogens is 196 g/mol. The molecule has 0 saturated carbocycles. The Morgan fingerprint density at radius 3 is 2.64 bits per heavy atom. The summed E-state index contributed by atoms with van der Waals surface area (Å²) in [5, 5.41) is 3.36. The van der Waals surface area contributed by atoms with Gasteiger partial charge in [0.05, 0.1) is 5.38 Å². The molecule has 0 fully saturated rings. The fourth-order valence-electron chi connectivity index (χ4n) is 1.03. The summed E-state index contributed by atoms with van der Waals surface area (Å²) in [6.07, 6.45) is 1.80. The Morgan fingerprint density at radius 1 is 1.50 bits per heavy atom. The predicted molar refractivity (Wildman–Crippen MR) is 62.0 cm³/mol. The van der Waals surface area contributed by atoms with E-state index >= 15 is 0 Å². The molecule has 1 unspecified atom stereocenters. The van der Waals surface area contributed by atoms with Crippen molar-refractivity contribution in [2.75, 3.05) is 5.32 Å². The van der Waals surface area contributed by atoms with Crippen molar-refractivity contribution < 1.29 is 0 Å². The van der Waals surface area contributed by atoms with Crippen molar-refractivity contribution in [1.82, 2.24) is 4.98 Å². The van der Waals surface area contributed by atoms with Crippen molar-refractivity contribution in [2.45, 2.75) is 38.6 Å². The summed E-state index contributed by atoms with van der Waals surface area (Å²) in [6.45, 7) is 8.15. The molecule has 0 saturated heterocycles. The van der Waals surface area contributed by atoms with Crippen LogP contribution in [0.1, 0.15) is 26.3 Å². The van der Waals surface area contributed by atoms with Crippen molar-refractivity contribution in [3.05, 3.63) is 23.9 Å². The number of halogens is 1. The number of aromatic nitrogens is 1.